The molecule has 4 bridgehead atoms. The van der Waals surface area contributed by atoms with Gasteiger partial charge in [0, 0.05) is 5.41 Å². The van der Waals surface area contributed by atoms with Gasteiger partial charge in [-0.15, -0.1) is 0 Å². The van der Waals surface area contributed by atoms with Crippen LogP contribution in [-0.4, -0.2) is 10.2 Å². The van der Waals surface area contributed by atoms with Crippen molar-refractivity contribution in [3.8, 4) is 11.5 Å². The highest BCUT2D eigenvalue weighted by Gasteiger charge is 2.68. The molecule has 4 aliphatic carbocycles. The van der Waals surface area contributed by atoms with Gasteiger partial charge in [0.25, 0.3) is 0 Å². The Morgan fingerprint density at radius 1 is 0.636 bits per heavy atom. The SMILES string of the molecule is Oc1ccc(C2(c3ccc(O)cc3)C3CC4CC3CC42)cc1. The molecule has 0 aliphatic heterocycles. The summed E-state index contributed by atoms with van der Waals surface area (Å²) in [7, 11) is 0. The van der Waals surface area contributed by atoms with Crippen LogP contribution in [0, 0.1) is 23.7 Å². The lowest BCUT2D eigenvalue weighted by Crippen LogP contribution is -2.36. The van der Waals surface area contributed by atoms with Crippen LogP contribution in [0.4, 0.5) is 0 Å². The number of hydrogen-bond acceptors (Lipinski definition) is 2. The zero-order valence-electron chi connectivity index (χ0n) is 12.4. The minimum absolute atomic E-state index is 0.0922. The van der Waals surface area contributed by atoms with Gasteiger partial charge in [-0.2, -0.15) is 0 Å². The van der Waals surface area contributed by atoms with Crippen LogP contribution in [0.15, 0.2) is 48.5 Å². The summed E-state index contributed by atoms with van der Waals surface area (Å²) < 4.78 is 0. The van der Waals surface area contributed by atoms with Gasteiger partial charge < -0.3 is 10.2 Å². The molecule has 4 atom stereocenters. The fraction of sp³-hybridized carbons (Fsp3) is 0.400. The van der Waals surface area contributed by atoms with Gasteiger partial charge in [0.2, 0.25) is 0 Å². The Balaban J connectivity index is 1.73. The highest BCUT2D eigenvalue weighted by atomic mass is 16.3. The summed E-state index contributed by atoms with van der Waals surface area (Å²) in [5.41, 5.74) is 2.78. The summed E-state index contributed by atoms with van der Waals surface area (Å²) in [5.74, 6) is 3.82. The summed E-state index contributed by atoms with van der Waals surface area (Å²) in [4.78, 5) is 0. The van der Waals surface area contributed by atoms with Crippen molar-refractivity contribution in [1.29, 1.82) is 0 Å². The average molecular weight is 292 g/mol. The maximum absolute atomic E-state index is 9.67. The topological polar surface area (TPSA) is 40.5 Å². The summed E-state index contributed by atoms with van der Waals surface area (Å²) in [6.07, 6.45) is 4.10. The molecule has 0 radical (unpaired) electrons. The molecule has 2 heteroatoms. The van der Waals surface area contributed by atoms with Gasteiger partial charge >= 0.3 is 0 Å². The van der Waals surface area contributed by atoms with E-state index in [0.29, 0.717) is 11.5 Å². The molecule has 0 heterocycles. The zero-order chi connectivity index (χ0) is 14.9. The first kappa shape index (κ1) is 12.6. The largest absolute Gasteiger partial charge is 0.508 e. The van der Waals surface area contributed by atoms with Crippen molar-refractivity contribution in [2.45, 2.75) is 24.7 Å². The standard InChI is InChI=1S/C20H20O2/c21-16-5-1-14(2-6-16)20(15-3-7-17(22)8-4-15)18-10-12-9-13(18)11-19(12)20/h1-8,12-13,18-19,21-22H,9-11H2. The number of rotatable bonds is 2. The molecule has 0 aromatic heterocycles. The van der Waals surface area contributed by atoms with Crippen LogP contribution >= 0.6 is 0 Å². The van der Waals surface area contributed by atoms with Crippen molar-refractivity contribution in [3.63, 3.8) is 0 Å². The van der Waals surface area contributed by atoms with Gasteiger partial charge in [-0.05, 0) is 78.3 Å². The van der Waals surface area contributed by atoms with Crippen LogP contribution in [0.25, 0.3) is 0 Å². The number of hydrogen-bond donors (Lipinski definition) is 2. The molecule has 4 unspecified atom stereocenters. The normalized spacial score (nSPS) is 33.6. The third kappa shape index (κ3) is 1.36. The molecule has 2 nitrogen and oxygen atoms in total. The molecule has 0 spiro atoms. The first-order chi connectivity index (χ1) is 10.7. The van der Waals surface area contributed by atoms with Gasteiger partial charge in [0.15, 0.2) is 0 Å². The molecule has 4 aliphatic rings. The summed E-state index contributed by atoms with van der Waals surface area (Å²) in [5, 5.41) is 19.3. The van der Waals surface area contributed by atoms with Gasteiger partial charge in [-0.1, -0.05) is 24.3 Å². The van der Waals surface area contributed by atoms with E-state index in [4.69, 9.17) is 0 Å². The Hall–Kier alpha value is -1.96. The highest BCUT2D eigenvalue weighted by molar-refractivity contribution is 5.49. The second-order valence-corrected chi connectivity index (χ2v) is 7.40. The van der Waals surface area contributed by atoms with E-state index in [1.807, 2.05) is 24.3 Å². The molecule has 2 aromatic rings. The fourth-order valence-electron chi connectivity index (χ4n) is 6.16. The third-order valence-electron chi connectivity index (χ3n) is 6.72. The maximum Gasteiger partial charge on any atom is 0.115 e. The van der Waals surface area contributed by atoms with Crippen LogP contribution in [0.2, 0.25) is 0 Å². The van der Waals surface area contributed by atoms with Gasteiger partial charge in [-0.3, -0.25) is 0 Å². The lowest BCUT2D eigenvalue weighted by atomic mass is 9.64. The third-order valence-corrected chi connectivity index (χ3v) is 6.72. The Labute approximate surface area is 130 Å². The van der Waals surface area contributed by atoms with E-state index in [2.05, 4.69) is 24.3 Å². The Morgan fingerprint density at radius 2 is 1.05 bits per heavy atom. The van der Waals surface area contributed by atoms with Crippen LogP contribution in [-0.2, 0) is 5.41 Å². The van der Waals surface area contributed by atoms with Crippen molar-refractivity contribution in [2.75, 3.05) is 0 Å². The summed E-state index contributed by atoms with van der Waals surface area (Å²) >= 11 is 0. The number of benzene rings is 2. The molecule has 2 aromatic carbocycles. The molecule has 112 valence electrons. The monoisotopic (exact) mass is 292 g/mol. The Bertz CT molecular complexity index is 653. The van der Waals surface area contributed by atoms with E-state index in [0.717, 1.165) is 23.7 Å². The predicted molar refractivity (Wildman–Crippen MR) is 84.8 cm³/mol. The quantitative estimate of drug-likeness (QED) is 0.876. The van der Waals surface area contributed by atoms with Gasteiger partial charge in [-0.25, -0.2) is 0 Å². The Morgan fingerprint density at radius 3 is 1.41 bits per heavy atom. The molecule has 4 fully saturated rings. The van der Waals surface area contributed by atoms with E-state index >= 15 is 0 Å². The predicted octanol–water partition coefficient (Wildman–Crippen LogP) is 4.06. The van der Waals surface area contributed by atoms with Crippen LogP contribution in [0.5, 0.6) is 11.5 Å². The van der Waals surface area contributed by atoms with Gasteiger partial charge in [0.1, 0.15) is 11.5 Å². The molecular weight excluding hydrogens is 272 g/mol. The molecule has 22 heavy (non-hydrogen) atoms. The van der Waals surface area contributed by atoms with E-state index < -0.39 is 0 Å². The molecule has 0 amide bonds. The highest BCUT2D eigenvalue weighted by Crippen LogP contribution is 2.73. The molecule has 2 N–H and O–H groups in total. The fourth-order valence-corrected chi connectivity index (χ4v) is 6.16. The lowest BCUT2D eigenvalue weighted by molar-refractivity contribution is 0.300. The van der Waals surface area contributed by atoms with E-state index in [1.54, 1.807) is 0 Å². The maximum atomic E-state index is 9.67. The van der Waals surface area contributed by atoms with Crippen molar-refractivity contribution in [2.24, 2.45) is 23.7 Å². The Kier molecular flexibility index (Phi) is 2.32. The van der Waals surface area contributed by atoms with Crippen molar-refractivity contribution in [1.82, 2.24) is 0 Å². The van der Waals surface area contributed by atoms with Crippen molar-refractivity contribution >= 4 is 0 Å². The minimum Gasteiger partial charge on any atom is -0.508 e. The second-order valence-electron chi connectivity index (χ2n) is 7.40. The van der Waals surface area contributed by atoms with Crippen LogP contribution in [0.3, 0.4) is 0 Å². The molecule has 4 saturated carbocycles. The van der Waals surface area contributed by atoms with Crippen molar-refractivity contribution < 1.29 is 10.2 Å². The average Bonchev–Trinajstić information content (AvgIpc) is 3.25. The number of phenols is 2. The first-order valence-corrected chi connectivity index (χ1v) is 8.28. The van der Waals surface area contributed by atoms with Crippen LogP contribution in [0.1, 0.15) is 30.4 Å². The van der Waals surface area contributed by atoms with Gasteiger partial charge in [0.05, 0.1) is 0 Å². The van der Waals surface area contributed by atoms with Crippen molar-refractivity contribution in [3.05, 3.63) is 59.7 Å². The van der Waals surface area contributed by atoms with E-state index in [1.165, 1.54) is 30.4 Å². The molecular formula is C20H20O2. The minimum atomic E-state index is 0.0922. The smallest absolute Gasteiger partial charge is 0.115 e. The summed E-state index contributed by atoms with van der Waals surface area (Å²) in [6, 6.07) is 15.7. The summed E-state index contributed by atoms with van der Waals surface area (Å²) in [6.45, 7) is 0. The lowest BCUT2D eigenvalue weighted by Gasteiger charge is -2.39. The second kappa shape index (κ2) is 4.07. The zero-order valence-corrected chi connectivity index (χ0v) is 12.4. The van der Waals surface area contributed by atoms with E-state index in [9.17, 15) is 10.2 Å². The molecule has 0 saturated heterocycles. The van der Waals surface area contributed by atoms with E-state index in [-0.39, 0.29) is 5.41 Å². The molecule has 6 rings (SSSR count). The number of aromatic hydroxyl groups is 2. The first-order valence-electron chi connectivity index (χ1n) is 8.28. The van der Waals surface area contributed by atoms with Crippen LogP contribution < -0.4 is 0 Å². The number of phenolic OH excluding ortho intramolecular Hbond substituents is 2.